The van der Waals surface area contributed by atoms with Crippen LogP contribution in [-0.4, -0.2) is 37.1 Å². The highest BCUT2D eigenvalue weighted by molar-refractivity contribution is 4.90. The van der Waals surface area contributed by atoms with Gasteiger partial charge in [0.05, 0.1) is 0 Å². The summed E-state index contributed by atoms with van der Waals surface area (Å²) in [7, 11) is 0. The second-order valence-electron chi connectivity index (χ2n) is 4.60. The van der Waals surface area contributed by atoms with E-state index in [0.29, 0.717) is 0 Å². The number of hydrogen-bond donors (Lipinski definition) is 1. The van der Waals surface area contributed by atoms with Crippen LogP contribution in [0.4, 0.5) is 0 Å². The smallest absolute Gasteiger partial charge is 0.0232 e. The number of nitrogens with one attached hydrogen (secondary N) is 1. The van der Waals surface area contributed by atoms with Crippen molar-refractivity contribution in [3.8, 4) is 0 Å². The van der Waals surface area contributed by atoms with E-state index in [4.69, 9.17) is 0 Å². The van der Waals surface area contributed by atoms with Crippen LogP contribution < -0.4 is 5.32 Å². The summed E-state index contributed by atoms with van der Waals surface area (Å²) in [5.41, 5.74) is 0. The molecule has 0 spiro atoms. The van der Waals surface area contributed by atoms with E-state index in [9.17, 15) is 0 Å². The van der Waals surface area contributed by atoms with Gasteiger partial charge in [-0.2, -0.15) is 0 Å². The van der Waals surface area contributed by atoms with Gasteiger partial charge in [-0.05, 0) is 24.8 Å². The Kier molecular flexibility index (Phi) is 2.37. The Morgan fingerprint density at radius 1 is 1.33 bits per heavy atom. The van der Waals surface area contributed by atoms with Crippen molar-refractivity contribution in [2.75, 3.05) is 26.2 Å². The molecule has 0 aromatic heterocycles. The summed E-state index contributed by atoms with van der Waals surface area (Å²) in [5, 5.41) is 3.42. The molecule has 0 amide bonds. The van der Waals surface area contributed by atoms with Crippen molar-refractivity contribution in [3.63, 3.8) is 0 Å². The van der Waals surface area contributed by atoms with Crippen molar-refractivity contribution < 1.29 is 0 Å². The summed E-state index contributed by atoms with van der Waals surface area (Å²) in [4.78, 5) is 2.64. The third-order valence-corrected chi connectivity index (χ3v) is 3.43. The Morgan fingerprint density at radius 3 is 2.58 bits per heavy atom. The van der Waals surface area contributed by atoms with Crippen LogP contribution in [0.15, 0.2) is 0 Å². The molecule has 70 valence electrons. The third kappa shape index (κ3) is 1.50. The zero-order valence-electron chi connectivity index (χ0n) is 8.21. The number of nitrogens with zero attached hydrogens (tertiary/aromatic N) is 1. The van der Waals surface area contributed by atoms with E-state index in [0.717, 1.165) is 17.9 Å². The van der Waals surface area contributed by atoms with Crippen molar-refractivity contribution in [1.82, 2.24) is 10.2 Å². The van der Waals surface area contributed by atoms with Crippen molar-refractivity contribution in [1.29, 1.82) is 0 Å². The predicted octanol–water partition coefficient (Wildman–Crippen LogP) is 0.936. The summed E-state index contributed by atoms with van der Waals surface area (Å²) < 4.78 is 0. The van der Waals surface area contributed by atoms with Crippen LogP contribution in [-0.2, 0) is 0 Å². The Labute approximate surface area is 75.3 Å². The Morgan fingerprint density at radius 2 is 2.08 bits per heavy atom. The second-order valence-corrected chi connectivity index (χ2v) is 4.60. The maximum atomic E-state index is 3.42. The third-order valence-electron chi connectivity index (χ3n) is 3.43. The fraction of sp³-hybridized carbons (Fsp3) is 1.00. The lowest BCUT2D eigenvalue weighted by Gasteiger charge is -2.45. The molecule has 2 nitrogen and oxygen atoms in total. The first-order chi connectivity index (χ1) is 5.77. The normalized spacial score (nSPS) is 32.8. The molecule has 2 aliphatic heterocycles. The van der Waals surface area contributed by atoms with E-state index in [1.54, 1.807) is 0 Å². The fourth-order valence-corrected chi connectivity index (χ4v) is 2.22. The van der Waals surface area contributed by atoms with Crippen molar-refractivity contribution >= 4 is 0 Å². The first kappa shape index (κ1) is 8.52. The van der Waals surface area contributed by atoms with E-state index in [1.165, 1.54) is 32.6 Å². The standard InChI is InChI=1S/C10H20N2/c1-8(2)9-6-12(7-9)10-3-4-11-5-10/h8-11H,3-7H2,1-2H3. The van der Waals surface area contributed by atoms with Gasteiger partial charge >= 0.3 is 0 Å². The lowest BCUT2D eigenvalue weighted by atomic mass is 9.87. The zero-order chi connectivity index (χ0) is 8.55. The predicted molar refractivity (Wildman–Crippen MR) is 51.2 cm³/mol. The summed E-state index contributed by atoms with van der Waals surface area (Å²) in [5.74, 6) is 1.86. The molecule has 2 aliphatic rings. The lowest BCUT2D eigenvalue weighted by molar-refractivity contribution is 0.0348. The minimum absolute atomic E-state index is 0.861. The maximum absolute atomic E-state index is 3.42. The van der Waals surface area contributed by atoms with Gasteiger partial charge in [0.2, 0.25) is 0 Å². The Balaban J connectivity index is 1.73. The lowest BCUT2D eigenvalue weighted by Crippen LogP contribution is -2.54. The molecule has 1 atom stereocenters. The van der Waals surface area contributed by atoms with Crippen LogP contribution in [0, 0.1) is 11.8 Å². The van der Waals surface area contributed by atoms with Crippen molar-refractivity contribution in [2.24, 2.45) is 11.8 Å². The van der Waals surface area contributed by atoms with Crippen LogP contribution in [0.3, 0.4) is 0 Å². The molecule has 2 heteroatoms. The van der Waals surface area contributed by atoms with Gasteiger partial charge in [0.1, 0.15) is 0 Å². The average molecular weight is 168 g/mol. The Hall–Kier alpha value is -0.0800. The topological polar surface area (TPSA) is 15.3 Å². The SMILES string of the molecule is CC(C)C1CN(C2CCNC2)C1. The van der Waals surface area contributed by atoms with Crippen LogP contribution in [0.25, 0.3) is 0 Å². The van der Waals surface area contributed by atoms with Gasteiger partial charge in [-0.1, -0.05) is 13.8 Å². The largest absolute Gasteiger partial charge is 0.315 e. The summed E-state index contributed by atoms with van der Waals surface area (Å²) in [6.07, 6.45) is 1.37. The van der Waals surface area contributed by atoms with Crippen LogP contribution in [0.1, 0.15) is 20.3 Å². The molecule has 0 aromatic carbocycles. The van der Waals surface area contributed by atoms with Crippen LogP contribution >= 0.6 is 0 Å². The highest BCUT2D eigenvalue weighted by Crippen LogP contribution is 2.26. The van der Waals surface area contributed by atoms with Gasteiger partial charge in [0.25, 0.3) is 0 Å². The minimum Gasteiger partial charge on any atom is -0.315 e. The second kappa shape index (κ2) is 3.35. The van der Waals surface area contributed by atoms with E-state index in [-0.39, 0.29) is 0 Å². The maximum Gasteiger partial charge on any atom is 0.0232 e. The molecule has 0 bridgehead atoms. The highest BCUT2D eigenvalue weighted by atomic mass is 15.2. The summed E-state index contributed by atoms with van der Waals surface area (Å²) >= 11 is 0. The van der Waals surface area contributed by atoms with Crippen LogP contribution in [0.2, 0.25) is 0 Å². The van der Waals surface area contributed by atoms with Crippen molar-refractivity contribution in [3.05, 3.63) is 0 Å². The van der Waals surface area contributed by atoms with Gasteiger partial charge < -0.3 is 5.32 Å². The van der Waals surface area contributed by atoms with Gasteiger partial charge in [-0.3, -0.25) is 4.90 Å². The van der Waals surface area contributed by atoms with Gasteiger partial charge in [-0.25, -0.2) is 0 Å². The molecule has 12 heavy (non-hydrogen) atoms. The molecule has 1 unspecified atom stereocenters. The van der Waals surface area contributed by atoms with Gasteiger partial charge in [0.15, 0.2) is 0 Å². The molecule has 0 aliphatic carbocycles. The first-order valence-corrected chi connectivity index (χ1v) is 5.22. The highest BCUT2D eigenvalue weighted by Gasteiger charge is 2.34. The quantitative estimate of drug-likeness (QED) is 0.660. The average Bonchev–Trinajstić information content (AvgIpc) is 2.34. The number of likely N-dealkylation sites (tertiary alicyclic amines) is 1. The van der Waals surface area contributed by atoms with E-state index < -0.39 is 0 Å². The zero-order valence-corrected chi connectivity index (χ0v) is 8.21. The molecule has 2 saturated heterocycles. The number of rotatable bonds is 2. The van der Waals surface area contributed by atoms with Gasteiger partial charge in [-0.15, -0.1) is 0 Å². The molecular weight excluding hydrogens is 148 g/mol. The molecule has 0 aromatic rings. The number of hydrogen-bond acceptors (Lipinski definition) is 2. The molecular formula is C10H20N2. The Bertz CT molecular complexity index is 144. The molecule has 2 fully saturated rings. The minimum atomic E-state index is 0.861. The molecule has 0 saturated carbocycles. The first-order valence-electron chi connectivity index (χ1n) is 5.22. The van der Waals surface area contributed by atoms with Gasteiger partial charge in [0, 0.05) is 25.7 Å². The molecule has 2 heterocycles. The van der Waals surface area contributed by atoms with E-state index >= 15 is 0 Å². The molecule has 2 rings (SSSR count). The van der Waals surface area contributed by atoms with E-state index in [2.05, 4.69) is 24.1 Å². The monoisotopic (exact) mass is 168 g/mol. The molecule has 1 N–H and O–H groups in total. The van der Waals surface area contributed by atoms with E-state index in [1.807, 2.05) is 0 Å². The summed E-state index contributed by atoms with van der Waals surface area (Å²) in [6.45, 7) is 9.84. The van der Waals surface area contributed by atoms with Crippen LogP contribution in [0.5, 0.6) is 0 Å². The summed E-state index contributed by atoms with van der Waals surface area (Å²) in [6, 6.07) is 0.861. The van der Waals surface area contributed by atoms with Crippen molar-refractivity contribution in [2.45, 2.75) is 26.3 Å². The fourth-order valence-electron chi connectivity index (χ4n) is 2.22. The molecule has 0 radical (unpaired) electrons.